The summed E-state index contributed by atoms with van der Waals surface area (Å²) in [6, 6.07) is 9.91. The lowest BCUT2D eigenvalue weighted by atomic mass is 9.90. The van der Waals surface area contributed by atoms with Crippen LogP contribution in [0.3, 0.4) is 0 Å². The fraction of sp³-hybridized carbons (Fsp3) is 0.462. The van der Waals surface area contributed by atoms with E-state index in [4.69, 9.17) is 4.74 Å². The van der Waals surface area contributed by atoms with Crippen molar-refractivity contribution in [1.29, 1.82) is 0 Å². The zero-order valence-corrected chi connectivity index (χ0v) is 9.69. The summed E-state index contributed by atoms with van der Waals surface area (Å²) in [5.74, 6) is 0.000862. The summed E-state index contributed by atoms with van der Waals surface area (Å²) in [5, 5.41) is 2.83. The van der Waals surface area contributed by atoms with Gasteiger partial charge in [-0.25, -0.2) is 0 Å². The summed E-state index contributed by atoms with van der Waals surface area (Å²) < 4.78 is 5.70. The normalized spacial score (nSPS) is 23.1. The van der Waals surface area contributed by atoms with E-state index in [9.17, 15) is 4.79 Å². The molecule has 1 heterocycles. The smallest absolute Gasteiger partial charge is 0.249 e. The largest absolute Gasteiger partial charge is 0.363 e. The summed E-state index contributed by atoms with van der Waals surface area (Å²) >= 11 is 0. The van der Waals surface area contributed by atoms with Gasteiger partial charge in [-0.3, -0.25) is 4.79 Å². The first-order valence-corrected chi connectivity index (χ1v) is 5.53. The Bertz CT molecular complexity index is 373. The van der Waals surface area contributed by atoms with Gasteiger partial charge in [0.1, 0.15) is 6.10 Å². The number of benzene rings is 1. The van der Waals surface area contributed by atoms with Crippen LogP contribution in [0.4, 0.5) is 0 Å². The highest BCUT2D eigenvalue weighted by molar-refractivity contribution is 5.84. The number of ether oxygens (including phenoxy) is 1. The highest BCUT2D eigenvalue weighted by Gasteiger charge is 2.42. The van der Waals surface area contributed by atoms with Gasteiger partial charge < -0.3 is 10.1 Å². The standard InChI is InChI=1S/C13H17NO2/c1-13(2)9-14-12(15)11(13)16-8-10-6-4-3-5-7-10/h3-7,11H,8-9H2,1-2H3,(H,14,15). The van der Waals surface area contributed by atoms with Crippen LogP contribution in [0.25, 0.3) is 0 Å². The van der Waals surface area contributed by atoms with Crippen molar-refractivity contribution in [2.24, 2.45) is 5.41 Å². The van der Waals surface area contributed by atoms with Crippen LogP contribution in [0.5, 0.6) is 0 Å². The predicted octanol–water partition coefficient (Wildman–Crippen LogP) is 1.73. The third kappa shape index (κ3) is 2.25. The maximum absolute atomic E-state index is 11.6. The van der Waals surface area contributed by atoms with Crippen molar-refractivity contribution < 1.29 is 9.53 Å². The van der Waals surface area contributed by atoms with E-state index in [1.165, 1.54) is 0 Å². The van der Waals surface area contributed by atoms with Crippen LogP contribution in [-0.2, 0) is 16.1 Å². The van der Waals surface area contributed by atoms with Crippen molar-refractivity contribution in [2.75, 3.05) is 6.54 Å². The van der Waals surface area contributed by atoms with E-state index in [2.05, 4.69) is 5.32 Å². The zero-order chi connectivity index (χ0) is 11.6. The molecule has 86 valence electrons. The summed E-state index contributed by atoms with van der Waals surface area (Å²) in [5.41, 5.74) is 0.976. The minimum Gasteiger partial charge on any atom is -0.363 e. The van der Waals surface area contributed by atoms with Gasteiger partial charge in [-0.2, -0.15) is 0 Å². The topological polar surface area (TPSA) is 38.3 Å². The average Bonchev–Trinajstić information content (AvgIpc) is 2.52. The molecule has 1 aliphatic rings. The number of hydrogen-bond donors (Lipinski definition) is 1. The molecule has 0 bridgehead atoms. The molecule has 0 aromatic heterocycles. The number of nitrogens with one attached hydrogen (secondary N) is 1. The lowest BCUT2D eigenvalue weighted by Gasteiger charge is -2.23. The molecule has 1 N–H and O–H groups in total. The lowest BCUT2D eigenvalue weighted by molar-refractivity contribution is -0.133. The number of carbonyl (C=O) groups excluding carboxylic acids is 1. The Balaban J connectivity index is 1.98. The molecule has 1 amide bonds. The molecule has 0 radical (unpaired) electrons. The third-order valence-electron chi connectivity index (χ3n) is 2.93. The molecule has 0 aliphatic carbocycles. The van der Waals surface area contributed by atoms with Gasteiger partial charge in [-0.05, 0) is 5.56 Å². The monoisotopic (exact) mass is 219 g/mol. The van der Waals surface area contributed by atoms with Crippen molar-refractivity contribution in [1.82, 2.24) is 5.32 Å². The Hall–Kier alpha value is -1.35. The Kier molecular flexibility index (Phi) is 2.97. The van der Waals surface area contributed by atoms with Gasteiger partial charge in [-0.15, -0.1) is 0 Å². The van der Waals surface area contributed by atoms with Gasteiger partial charge in [0.2, 0.25) is 5.91 Å². The van der Waals surface area contributed by atoms with E-state index in [-0.39, 0.29) is 17.4 Å². The molecule has 1 unspecified atom stereocenters. The molecule has 0 spiro atoms. The Morgan fingerprint density at radius 2 is 2.06 bits per heavy atom. The summed E-state index contributed by atoms with van der Waals surface area (Å²) in [4.78, 5) is 11.6. The van der Waals surface area contributed by atoms with Crippen molar-refractivity contribution in [3.05, 3.63) is 35.9 Å². The molecule has 1 fully saturated rings. The van der Waals surface area contributed by atoms with Crippen LogP contribution < -0.4 is 5.32 Å². The first-order valence-electron chi connectivity index (χ1n) is 5.53. The maximum atomic E-state index is 11.6. The molecule has 1 aliphatic heterocycles. The van der Waals surface area contributed by atoms with Gasteiger partial charge in [-0.1, -0.05) is 44.2 Å². The first kappa shape index (κ1) is 11.1. The number of amides is 1. The second-order valence-corrected chi connectivity index (χ2v) is 4.88. The molecule has 1 saturated heterocycles. The predicted molar refractivity (Wildman–Crippen MR) is 61.8 cm³/mol. The van der Waals surface area contributed by atoms with Crippen LogP contribution >= 0.6 is 0 Å². The highest BCUT2D eigenvalue weighted by Crippen LogP contribution is 2.28. The molecule has 1 aromatic rings. The first-order chi connectivity index (χ1) is 7.59. The van der Waals surface area contributed by atoms with Crippen molar-refractivity contribution in [2.45, 2.75) is 26.6 Å². The molecule has 0 saturated carbocycles. The second kappa shape index (κ2) is 4.26. The summed E-state index contributed by atoms with van der Waals surface area (Å²) in [6.45, 7) is 5.26. The van der Waals surface area contributed by atoms with Crippen LogP contribution in [0.1, 0.15) is 19.4 Å². The fourth-order valence-corrected chi connectivity index (χ4v) is 1.91. The molecule has 3 nitrogen and oxygen atoms in total. The summed E-state index contributed by atoms with van der Waals surface area (Å²) in [6.07, 6.45) is -0.340. The maximum Gasteiger partial charge on any atom is 0.249 e. The molecular formula is C13H17NO2. The minimum atomic E-state index is -0.340. The van der Waals surface area contributed by atoms with Gasteiger partial charge in [0, 0.05) is 12.0 Å². The minimum absolute atomic E-state index is 0.000862. The van der Waals surface area contributed by atoms with Crippen LogP contribution in [0, 0.1) is 5.41 Å². The average molecular weight is 219 g/mol. The third-order valence-corrected chi connectivity index (χ3v) is 2.93. The fourth-order valence-electron chi connectivity index (χ4n) is 1.91. The number of rotatable bonds is 3. The zero-order valence-electron chi connectivity index (χ0n) is 9.69. The molecular weight excluding hydrogens is 202 g/mol. The Morgan fingerprint density at radius 3 is 2.62 bits per heavy atom. The van der Waals surface area contributed by atoms with E-state index in [0.29, 0.717) is 13.2 Å². The molecule has 16 heavy (non-hydrogen) atoms. The SMILES string of the molecule is CC1(C)CNC(=O)C1OCc1ccccc1. The van der Waals surface area contributed by atoms with E-state index >= 15 is 0 Å². The second-order valence-electron chi connectivity index (χ2n) is 4.88. The van der Waals surface area contributed by atoms with E-state index in [0.717, 1.165) is 5.56 Å². The number of carbonyl (C=O) groups is 1. The summed E-state index contributed by atoms with van der Waals surface area (Å²) in [7, 11) is 0. The van der Waals surface area contributed by atoms with Gasteiger partial charge in [0.25, 0.3) is 0 Å². The van der Waals surface area contributed by atoms with Crippen molar-refractivity contribution in [3.63, 3.8) is 0 Å². The quantitative estimate of drug-likeness (QED) is 0.840. The van der Waals surface area contributed by atoms with Crippen LogP contribution in [0.15, 0.2) is 30.3 Å². The Labute approximate surface area is 95.8 Å². The Morgan fingerprint density at radius 1 is 1.38 bits per heavy atom. The molecule has 1 aromatic carbocycles. The number of hydrogen-bond acceptors (Lipinski definition) is 2. The molecule has 2 rings (SSSR count). The van der Waals surface area contributed by atoms with Crippen molar-refractivity contribution >= 4 is 5.91 Å². The molecule has 3 heteroatoms. The van der Waals surface area contributed by atoms with Crippen LogP contribution in [0.2, 0.25) is 0 Å². The van der Waals surface area contributed by atoms with E-state index < -0.39 is 0 Å². The van der Waals surface area contributed by atoms with Gasteiger partial charge >= 0.3 is 0 Å². The van der Waals surface area contributed by atoms with Gasteiger partial charge in [0.15, 0.2) is 0 Å². The molecule has 1 atom stereocenters. The van der Waals surface area contributed by atoms with E-state index in [1.54, 1.807) is 0 Å². The van der Waals surface area contributed by atoms with Crippen molar-refractivity contribution in [3.8, 4) is 0 Å². The van der Waals surface area contributed by atoms with E-state index in [1.807, 2.05) is 44.2 Å². The van der Waals surface area contributed by atoms with Crippen LogP contribution in [-0.4, -0.2) is 18.6 Å². The highest BCUT2D eigenvalue weighted by atomic mass is 16.5. The van der Waals surface area contributed by atoms with Gasteiger partial charge in [0.05, 0.1) is 6.61 Å². The lowest BCUT2D eigenvalue weighted by Crippen LogP contribution is -2.33.